The molecule has 2 atom stereocenters. The molecular weight excluding hydrogens is 352 g/mol. The number of ether oxygens (including phenoxy) is 1. The highest BCUT2D eigenvalue weighted by Gasteiger charge is 2.34. The Balaban J connectivity index is 1.31. The van der Waals surface area contributed by atoms with Crippen LogP contribution in [0.4, 0.5) is 5.82 Å². The number of hydrogen-bond acceptors (Lipinski definition) is 6. The molecule has 0 saturated carbocycles. The van der Waals surface area contributed by atoms with Gasteiger partial charge in [-0.3, -0.25) is 9.88 Å². The van der Waals surface area contributed by atoms with Gasteiger partial charge < -0.3 is 14.2 Å². The first kappa shape index (κ1) is 17.3. The number of fused-ring (bicyclic) bond motifs is 3. The number of imidazole rings is 1. The number of hydrogen-bond donors (Lipinski definition) is 0. The van der Waals surface area contributed by atoms with Crippen molar-refractivity contribution in [2.24, 2.45) is 5.92 Å². The molecule has 5 rings (SSSR count). The van der Waals surface area contributed by atoms with Gasteiger partial charge in [0.2, 0.25) is 0 Å². The second-order valence-electron chi connectivity index (χ2n) is 7.60. The van der Waals surface area contributed by atoms with Crippen molar-refractivity contribution in [3.05, 3.63) is 67.1 Å². The summed E-state index contributed by atoms with van der Waals surface area (Å²) in [6.07, 6.45) is 10.9. The predicted molar refractivity (Wildman–Crippen MR) is 106 cm³/mol. The Labute approximate surface area is 164 Å². The van der Waals surface area contributed by atoms with Crippen molar-refractivity contribution in [2.75, 3.05) is 37.7 Å². The molecule has 2 saturated heterocycles. The van der Waals surface area contributed by atoms with Crippen LogP contribution in [0.15, 0.2) is 61.6 Å². The molecule has 0 aliphatic carbocycles. The zero-order chi connectivity index (χ0) is 18.8. The summed E-state index contributed by atoms with van der Waals surface area (Å²) in [5.74, 6) is 1.43. The number of aromatic nitrogens is 4. The molecule has 0 amide bonds. The van der Waals surface area contributed by atoms with Crippen molar-refractivity contribution in [2.45, 2.75) is 12.6 Å². The van der Waals surface area contributed by atoms with E-state index in [1.54, 1.807) is 18.6 Å². The van der Waals surface area contributed by atoms with E-state index in [0.29, 0.717) is 12.0 Å². The summed E-state index contributed by atoms with van der Waals surface area (Å²) < 4.78 is 7.97. The van der Waals surface area contributed by atoms with Crippen LogP contribution in [0.1, 0.15) is 5.56 Å². The molecule has 1 aromatic carbocycles. The third-order valence-electron chi connectivity index (χ3n) is 5.53. The van der Waals surface area contributed by atoms with Gasteiger partial charge in [0.1, 0.15) is 5.82 Å². The van der Waals surface area contributed by atoms with E-state index in [9.17, 15) is 0 Å². The van der Waals surface area contributed by atoms with Crippen molar-refractivity contribution >= 4 is 5.82 Å². The minimum absolute atomic E-state index is 0.300. The first-order chi connectivity index (χ1) is 13.8. The molecule has 7 nitrogen and oxygen atoms in total. The SMILES string of the molecule is c1cnc(N2C[C@H]3COC[C@@H]2CN(Cc2ccc(-n4ccnc4)cc2)C3)cn1. The summed E-state index contributed by atoms with van der Waals surface area (Å²) in [7, 11) is 0. The molecule has 144 valence electrons. The summed E-state index contributed by atoms with van der Waals surface area (Å²) in [6.45, 7) is 5.48. The van der Waals surface area contributed by atoms with Crippen LogP contribution >= 0.6 is 0 Å². The molecule has 2 aliphatic rings. The van der Waals surface area contributed by atoms with Crippen LogP contribution in [0.3, 0.4) is 0 Å². The van der Waals surface area contributed by atoms with Gasteiger partial charge in [-0.15, -0.1) is 0 Å². The minimum atomic E-state index is 0.300. The molecule has 2 bridgehead atoms. The molecule has 0 spiro atoms. The van der Waals surface area contributed by atoms with Gasteiger partial charge in [0, 0.05) is 62.6 Å². The lowest BCUT2D eigenvalue weighted by atomic mass is 10.1. The van der Waals surface area contributed by atoms with Crippen molar-refractivity contribution in [1.82, 2.24) is 24.4 Å². The molecule has 7 heteroatoms. The molecule has 2 aliphatic heterocycles. The van der Waals surface area contributed by atoms with E-state index in [-0.39, 0.29) is 0 Å². The summed E-state index contributed by atoms with van der Waals surface area (Å²) in [4.78, 5) is 17.8. The van der Waals surface area contributed by atoms with E-state index < -0.39 is 0 Å². The standard InChI is InChI=1S/C21H24N6O/c1-3-19(26-8-7-23-16-26)4-2-17(1)10-25-11-18-12-27(20(13-25)15-28-14-18)21-9-22-5-6-24-21/h1-9,16,18,20H,10-15H2/t18-,20-/m0/s1. The molecule has 2 fully saturated rings. The molecule has 0 N–H and O–H groups in total. The van der Waals surface area contributed by atoms with Gasteiger partial charge in [-0.25, -0.2) is 9.97 Å². The largest absolute Gasteiger partial charge is 0.379 e. The summed E-state index contributed by atoms with van der Waals surface area (Å²) in [5.41, 5.74) is 2.46. The summed E-state index contributed by atoms with van der Waals surface area (Å²) >= 11 is 0. The lowest BCUT2D eigenvalue weighted by Crippen LogP contribution is -2.44. The number of anilines is 1. The molecule has 0 radical (unpaired) electrons. The maximum atomic E-state index is 5.94. The van der Waals surface area contributed by atoms with E-state index >= 15 is 0 Å². The zero-order valence-corrected chi connectivity index (χ0v) is 15.8. The van der Waals surface area contributed by atoms with Crippen LogP contribution < -0.4 is 4.90 Å². The maximum Gasteiger partial charge on any atom is 0.147 e. The average Bonchev–Trinajstić information content (AvgIpc) is 3.11. The van der Waals surface area contributed by atoms with E-state index in [0.717, 1.165) is 50.9 Å². The molecule has 28 heavy (non-hydrogen) atoms. The summed E-state index contributed by atoms with van der Waals surface area (Å²) in [6, 6.07) is 9.05. The summed E-state index contributed by atoms with van der Waals surface area (Å²) in [5, 5.41) is 0. The van der Waals surface area contributed by atoms with Gasteiger partial charge in [0.15, 0.2) is 0 Å². The molecule has 3 aromatic rings. The third kappa shape index (κ3) is 3.63. The second kappa shape index (κ2) is 7.69. The Morgan fingerprint density at radius 3 is 2.68 bits per heavy atom. The zero-order valence-electron chi connectivity index (χ0n) is 15.8. The monoisotopic (exact) mass is 376 g/mol. The van der Waals surface area contributed by atoms with Crippen LogP contribution in [-0.4, -0.2) is 63.3 Å². The molecule has 0 unspecified atom stereocenters. The first-order valence-electron chi connectivity index (χ1n) is 9.75. The van der Waals surface area contributed by atoms with Crippen molar-refractivity contribution in [3.63, 3.8) is 0 Å². The minimum Gasteiger partial charge on any atom is -0.379 e. The topological polar surface area (TPSA) is 59.3 Å². The van der Waals surface area contributed by atoms with Crippen LogP contribution in [0.25, 0.3) is 5.69 Å². The molecule has 4 heterocycles. The Morgan fingerprint density at radius 2 is 1.89 bits per heavy atom. The van der Waals surface area contributed by atoms with E-state index in [1.807, 2.05) is 23.3 Å². The Hall–Kier alpha value is -2.77. The number of nitrogens with zero attached hydrogens (tertiary/aromatic N) is 6. The second-order valence-corrected chi connectivity index (χ2v) is 7.60. The Morgan fingerprint density at radius 1 is 0.964 bits per heavy atom. The highest BCUT2D eigenvalue weighted by molar-refractivity contribution is 5.38. The van der Waals surface area contributed by atoms with Crippen LogP contribution in [-0.2, 0) is 11.3 Å². The smallest absolute Gasteiger partial charge is 0.147 e. The normalized spacial score (nSPS) is 22.8. The Kier molecular flexibility index (Phi) is 4.76. The van der Waals surface area contributed by atoms with Crippen LogP contribution in [0.2, 0.25) is 0 Å². The van der Waals surface area contributed by atoms with Crippen molar-refractivity contribution in [1.29, 1.82) is 0 Å². The van der Waals surface area contributed by atoms with Crippen molar-refractivity contribution in [3.8, 4) is 5.69 Å². The highest BCUT2D eigenvalue weighted by Crippen LogP contribution is 2.25. The third-order valence-corrected chi connectivity index (χ3v) is 5.53. The van der Waals surface area contributed by atoms with E-state index in [2.05, 4.69) is 49.0 Å². The Bertz CT molecular complexity index is 883. The lowest BCUT2D eigenvalue weighted by molar-refractivity contribution is 0.0627. The fourth-order valence-corrected chi connectivity index (χ4v) is 4.23. The van der Waals surface area contributed by atoms with E-state index in [4.69, 9.17) is 4.74 Å². The van der Waals surface area contributed by atoms with Gasteiger partial charge in [0.05, 0.1) is 31.8 Å². The quantitative estimate of drug-likeness (QED) is 0.694. The van der Waals surface area contributed by atoms with Gasteiger partial charge in [-0.2, -0.15) is 0 Å². The predicted octanol–water partition coefficient (Wildman–Crippen LogP) is 2.00. The molecular formula is C21H24N6O. The maximum absolute atomic E-state index is 5.94. The fourth-order valence-electron chi connectivity index (χ4n) is 4.23. The number of rotatable bonds is 4. The molecule has 2 aromatic heterocycles. The number of benzene rings is 1. The van der Waals surface area contributed by atoms with Crippen molar-refractivity contribution < 1.29 is 4.74 Å². The van der Waals surface area contributed by atoms with Gasteiger partial charge >= 0.3 is 0 Å². The van der Waals surface area contributed by atoms with Gasteiger partial charge in [0.25, 0.3) is 0 Å². The fraction of sp³-hybridized carbons (Fsp3) is 0.381. The van der Waals surface area contributed by atoms with Gasteiger partial charge in [-0.1, -0.05) is 12.1 Å². The lowest BCUT2D eigenvalue weighted by Gasteiger charge is -2.31. The first-order valence-corrected chi connectivity index (χ1v) is 9.75. The van der Waals surface area contributed by atoms with Crippen LogP contribution in [0.5, 0.6) is 0 Å². The highest BCUT2D eigenvalue weighted by atomic mass is 16.5. The van der Waals surface area contributed by atoms with Crippen LogP contribution in [0, 0.1) is 5.92 Å². The average molecular weight is 376 g/mol. The van der Waals surface area contributed by atoms with Gasteiger partial charge in [-0.05, 0) is 17.7 Å². The van der Waals surface area contributed by atoms with E-state index in [1.165, 1.54) is 5.56 Å².